The summed E-state index contributed by atoms with van der Waals surface area (Å²) in [5, 5.41) is 9.95. The van der Waals surface area contributed by atoms with Crippen molar-refractivity contribution in [2.24, 2.45) is 0 Å². The van der Waals surface area contributed by atoms with Gasteiger partial charge in [-0.25, -0.2) is 0 Å². The average Bonchev–Trinajstić information content (AvgIpc) is 2.28. The zero-order valence-electron chi connectivity index (χ0n) is 10.7. The van der Waals surface area contributed by atoms with Gasteiger partial charge >= 0.3 is 0 Å². The highest BCUT2D eigenvalue weighted by atomic mass is 16.5. The highest BCUT2D eigenvalue weighted by Crippen LogP contribution is 2.30. The fourth-order valence-corrected chi connectivity index (χ4v) is 1.85. The Morgan fingerprint density at radius 3 is 2.50 bits per heavy atom. The van der Waals surface area contributed by atoms with Crippen molar-refractivity contribution < 1.29 is 9.84 Å². The number of aliphatic hydroxyl groups excluding tert-OH is 1. The Morgan fingerprint density at radius 1 is 1.31 bits per heavy atom. The molecule has 0 aliphatic carbocycles. The molecule has 90 valence electrons. The van der Waals surface area contributed by atoms with Gasteiger partial charge in [-0.05, 0) is 35.6 Å². The summed E-state index contributed by atoms with van der Waals surface area (Å²) < 4.78 is 5.32. The van der Waals surface area contributed by atoms with Crippen LogP contribution < -0.4 is 4.74 Å². The Kier molecular flexibility index (Phi) is 4.81. The van der Waals surface area contributed by atoms with Crippen LogP contribution in [0.3, 0.4) is 0 Å². The second-order valence-corrected chi connectivity index (χ2v) is 4.46. The lowest BCUT2D eigenvalue weighted by Gasteiger charge is -2.16. The molecule has 0 spiro atoms. The molecule has 0 radical (unpaired) electrons. The van der Waals surface area contributed by atoms with Gasteiger partial charge in [0.2, 0.25) is 0 Å². The third kappa shape index (κ3) is 2.99. The van der Waals surface area contributed by atoms with Crippen molar-refractivity contribution in [3.63, 3.8) is 0 Å². The van der Waals surface area contributed by atoms with Crippen LogP contribution in [-0.2, 0) is 0 Å². The van der Waals surface area contributed by atoms with Gasteiger partial charge in [0.1, 0.15) is 5.75 Å². The lowest BCUT2D eigenvalue weighted by atomic mass is 9.96. The Balaban J connectivity index is 3.01. The summed E-state index contributed by atoms with van der Waals surface area (Å²) >= 11 is 0. The first-order valence-corrected chi connectivity index (χ1v) is 5.96. The molecule has 1 N–H and O–H groups in total. The smallest absolute Gasteiger partial charge is 0.122 e. The Morgan fingerprint density at radius 2 is 2.00 bits per heavy atom. The van der Waals surface area contributed by atoms with Crippen LogP contribution in [0.5, 0.6) is 5.75 Å². The second kappa shape index (κ2) is 5.90. The molecule has 1 rings (SSSR count). The van der Waals surface area contributed by atoms with Gasteiger partial charge in [0, 0.05) is 0 Å². The average molecular weight is 222 g/mol. The van der Waals surface area contributed by atoms with E-state index < -0.39 is 0 Å². The van der Waals surface area contributed by atoms with Gasteiger partial charge < -0.3 is 9.84 Å². The quantitative estimate of drug-likeness (QED) is 0.824. The van der Waals surface area contributed by atoms with Crippen LogP contribution in [-0.4, -0.2) is 12.2 Å². The lowest BCUT2D eigenvalue weighted by Crippen LogP contribution is -2.01. The summed E-state index contributed by atoms with van der Waals surface area (Å²) in [7, 11) is 1.68. The highest BCUT2D eigenvalue weighted by Gasteiger charge is 2.12. The molecule has 0 amide bonds. The molecule has 0 saturated carbocycles. The van der Waals surface area contributed by atoms with Gasteiger partial charge in [-0.2, -0.15) is 0 Å². The van der Waals surface area contributed by atoms with Crippen LogP contribution in [0.15, 0.2) is 18.2 Å². The fourth-order valence-electron chi connectivity index (χ4n) is 1.85. The minimum Gasteiger partial charge on any atom is -0.496 e. The molecule has 16 heavy (non-hydrogen) atoms. The van der Waals surface area contributed by atoms with Crippen molar-refractivity contribution in [3.8, 4) is 5.75 Å². The van der Waals surface area contributed by atoms with Crippen LogP contribution >= 0.6 is 0 Å². The maximum atomic E-state index is 9.95. The summed E-state index contributed by atoms with van der Waals surface area (Å²) in [6, 6.07) is 5.96. The SMILES string of the molecule is CCCC(O)c1ccc(OC)c(C(C)C)c1. The van der Waals surface area contributed by atoms with Crippen LogP contribution in [0.4, 0.5) is 0 Å². The lowest BCUT2D eigenvalue weighted by molar-refractivity contribution is 0.166. The molecule has 1 atom stereocenters. The number of hydrogen-bond acceptors (Lipinski definition) is 2. The van der Waals surface area contributed by atoms with E-state index in [-0.39, 0.29) is 6.10 Å². The number of benzene rings is 1. The molecule has 1 aromatic rings. The maximum Gasteiger partial charge on any atom is 0.122 e. The fraction of sp³-hybridized carbons (Fsp3) is 0.571. The zero-order valence-corrected chi connectivity index (χ0v) is 10.7. The molecular weight excluding hydrogens is 200 g/mol. The molecule has 0 fully saturated rings. The standard InChI is InChI=1S/C14H22O2/c1-5-6-13(15)11-7-8-14(16-4)12(9-11)10(2)3/h7-10,13,15H,5-6H2,1-4H3. The molecule has 1 aromatic carbocycles. The van der Waals surface area contributed by atoms with Crippen molar-refractivity contribution in [1.29, 1.82) is 0 Å². The molecule has 2 heteroatoms. The summed E-state index contributed by atoms with van der Waals surface area (Å²) in [6.45, 7) is 6.35. The number of hydrogen-bond donors (Lipinski definition) is 1. The Labute approximate surface area is 98.3 Å². The molecule has 0 aliphatic heterocycles. The van der Waals surface area contributed by atoms with E-state index in [4.69, 9.17) is 4.74 Å². The van der Waals surface area contributed by atoms with E-state index in [0.717, 1.165) is 29.7 Å². The monoisotopic (exact) mass is 222 g/mol. The van der Waals surface area contributed by atoms with Crippen molar-refractivity contribution in [1.82, 2.24) is 0 Å². The van der Waals surface area contributed by atoms with E-state index in [1.54, 1.807) is 7.11 Å². The minimum atomic E-state index is -0.353. The highest BCUT2D eigenvalue weighted by molar-refractivity contribution is 5.40. The van der Waals surface area contributed by atoms with Crippen LogP contribution in [0, 0.1) is 0 Å². The first-order valence-electron chi connectivity index (χ1n) is 5.96. The molecule has 0 saturated heterocycles. The van der Waals surface area contributed by atoms with E-state index in [9.17, 15) is 5.11 Å². The third-order valence-corrected chi connectivity index (χ3v) is 2.82. The molecule has 0 aliphatic rings. The first kappa shape index (κ1) is 13.0. The summed E-state index contributed by atoms with van der Waals surface area (Å²) in [6.07, 6.45) is 1.45. The normalized spacial score (nSPS) is 12.9. The van der Waals surface area contributed by atoms with Crippen molar-refractivity contribution in [3.05, 3.63) is 29.3 Å². The van der Waals surface area contributed by atoms with Gasteiger partial charge in [0.25, 0.3) is 0 Å². The van der Waals surface area contributed by atoms with Gasteiger partial charge in [-0.15, -0.1) is 0 Å². The number of methoxy groups -OCH3 is 1. The van der Waals surface area contributed by atoms with Crippen molar-refractivity contribution >= 4 is 0 Å². The van der Waals surface area contributed by atoms with Gasteiger partial charge in [0.05, 0.1) is 13.2 Å². The van der Waals surface area contributed by atoms with Gasteiger partial charge in [0.15, 0.2) is 0 Å². The molecule has 2 nitrogen and oxygen atoms in total. The number of ether oxygens (including phenoxy) is 1. The predicted octanol–water partition coefficient (Wildman–Crippen LogP) is 3.65. The Hall–Kier alpha value is -1.02. The predicted molar refractivity (Wildman–Crippen MR) is 67.0 cm³/mol. The number of aliphatic hydroxyl groups is 1. The molecule has 1 unspecified atom stereocenters. The second-order valence-electron chi connectivity index (χ2n) is 4.46. The van der Waals surface area contributed by atoms with Crippen LogP contribution in [0.1, 0.15) is 56.8 Å². The van der Waals surface area contributed by atoms with E-state index in [2.05, 4.69) is 26.8 Å². The van der Waals surface area contributed by atoms with Gasteiger partial charge in [-0.3, -0.25) is 0 Å². The Bertz CT molecular complexity index is 332. The zero-order chi connectivity index (χ0) is 12.1. The van der Waals surface area contributed by atoms with Crippen molar-refractivity contribution in [2.45, 2.75) is 45.6 Å². The summed E-state index contributed by atoms with van der Waals surface area (Å²) in [5.74, 6) is 1.31. The van der Waals surface area contributed by atoms with Crippen LogP contribution in [0.2, 0.25) is 0 Å². The molecular formula is C14H22O2. The summed E-state index contributed by atoms with van der Waals surface area (Å²) in [4.78, 5) is 0. The largest absolute Gasteiger partial charge is 0.496 e. The first-order chi connectivity index (χ1) is 7.60. The van der Waals surface area contributed by atoms with Gasteiger partial charge in [-0.1, -0.05) is 33.3 Å². The molecule has 0 aromatic heterocycles. The minimum absolute atomic E-state index is 0.353. The van der Waals surface area contributed by atoms with E-state index >= 15 is 0 Å². The maximum absolute atomic E-state index is 9.95. The van der Waals surface area contributed by atoms with Crippen LogP contribution in [0.25, 0.3) is 0 Å². The van der Waals surface area contributed by atoms with Crippen molar-refractivity contribution in [2.75, 3.05) is 7.11 Å². The molecule has 0 bridgehead atoms. The summed E-state index contributed by atoms with van der Waals surface area (Å²) in [5.41, 5.74) is 2.15. The van der Waals surface area contributed by atoms with E-state index in [1.165, 1.54) is 0 Å². The van der Waals surface area contributed by atoms with E-state index in [0.29, 0.717) is 5.92 Å². The number of rotatable bonds is 5. The molecule has 0 heterocycles. The van der Waals surface area contributed by atoms with E-state index in [1.807, 2.05) is 12.1 Å². The third-order valence-electron chi connectivity index (χ3n) is 2.82. The topological polar surface area (TPSA) is 29.5 Å².